The number of benzene rings is 1. The number of halogens is 2. The molecular formula is C12H15Cl2N. The third kappa shape index (κ3) is 2.15. The minimum absolute atomic E-state index is 0.264. The van der Waals surface area contributed by atoms with Crippen LogP contribution in [0.3, 0.4) is 0 Å². The second-order valence-electron chi connectivity index (χ2n) is 4.32. The molecule has 1 aliphatic rings. The molecule has 0 aliphatic heterocycles. The van der Waals surface area contributed by atoms with Crippen molar-refractivity contribution in [2.24, 2.45) is 5.73 Å². The monoisotopic (exact) mass is 243 g/mol. The SMILES string of the molecule is NC1(c2cccc(Cl)c2Cl)CCCCC1. The van der Waals surface area contributed by atoms with Crippen molar-refractivity contribution in [3.8, 4) is 0 Å². The largest absolute Gasteiger partial charge is 0.321 e. The van der Waals surface area contributed by atoms with Gasteiger partial charge in [-0.05, 0) is 24.5 Å². The number of hydrogen-bond donors (Lipinski definition) is 1. The number of nitrogens with two attached hydrogens (primary N) is 1. The Bertz CT molecular complexity index is 357. The molecule has 3 heteroatoms. The average Bonchev–Trinajstić information content (AvgIpc) is 2.23. The van der Waals surface area contributed by atoms with E-state index in [1.54, 1.807) is 6.07 Å². The van der Waals surface area contributed by atoms with E-state index >= 15 is 0 Å². The molecule has 82 valence electrons. The molecule has 1 aromatic carbocycles. The maximum atomic E-state index is 6.41. The summed E-state index contributed by atoms with van der Waals surface area (Å²) in [6, 6.07) is 5.73. The van der Waals surface area contributed by atoms with Crippen LogP contribution in [0.25, 0.3) is 0 Å². The van der Waals surface area contributed by atoms with E-state index in [0.29, 0.717) is 10.0 Å². The molecule has 1 aliphatic carbocycles. The van der Waals surface area contributed by atoms with Gasteiger partial charge >= 0.3 is 0 Å². The molecule has 0 bridgehead atoms. The van der Waals surface area contributed by atoms with E-state index < -0.39 is 0 Å². The molecule has 0 unspecified atom stereocenters. The molecule has 2 rings (SSSR count). The Kier molecular flexibility index (Phi) is 3.24. The maximum absolute atomic E-state index is 6.41. The van der Waals surface area contributed by atoms with Crippen molar-refractivity contribution in [1.29, 1.82) is 0 Å². The first-order valence-corrected chi connectivity index (χ1v) is 6.12. The van der Waals surface area contributed by atoms with Crippen molar-refractivity contribution in [3.05, 3.63) is 33.8 Å². The fraction of sp³-hybridized carbons (Fsp3) is 0.500. The second kappa shape index (κ2) is 4.32. The molecule has 0 radical (unpaired) electrons. The van der Waals surface area contributed by atoms with Gasteiger partial charge in [0.15, 0.2) is 0 Å². The molecule has 1 fully saturated rings. The van der Waals surface area contributed by atoms with Crippen LogP contribution < -0.4 is 5.73 Å². The molecule has 0 heterocycles. The Morgan fingerprint density at radius 1 is 1.07 bits per heavy atom. The zero-order valence-electron chi connectivity index (χ0n) is 8.60. The summed E-state index contributed by atoms with van der Waals surface area (Å²) in [6.07, 6.45) is 5.65. The van der Waals surface area contributed by atoms with Gasteiger partial charge in [-0.3, -0.25) is 0 Å². The van der Waals surface area contributed by atoms with E-state index in [2.05, 4.69) is 0 Å². The van der Waals surface area contributed by atoms with Crippen LogP contribution in [0.4, 0.5) is 0 Å². The van der Waals surface area contributed by atoms with Gasteiger partial charge in [-0.25, -0.2) is 0 Å². The van der Waals surface area contributed by atoms with Crippen LogP contribution in [0.15, 0.2) is 18.2 Å². The third-order valence-corrected chi connectivity index (χ3v) is 4.05. The van der Waals surface area contributed by atoms with Crippen LogP contribution in [-0.4, -0.2) is 0 Å². The summed E-state index contributed by atoms with van der Waals surface area (Å²) in [7, 11) is 0. The third-order valence-electron chi connectivity index (χ3n) is 3.23. The first-order valence-electron chi connectivity index (χ1n) is 5.37. The number of rotatable bonds is 1. The quantitative estimate of drug-likeness (QED) is 0.790. The molecule has 0 spiro atoms. The lowest BCUT2D eigenvalue weighted by Crippen LogP contribution is -2.38. The van der Waals surface area contributed by atoms with Crippen LogP contribution in [0.5, 0.6) is 0 Å². The Labute approximate surface area is 101 Å². The summed E-state index contributed by atoms with van der Waals surface area (Å²) >= 11 is 12.2. The van der Waals surface area contributed by atoms with Gasteiger partial charge in [0, 0.05) is 5.54 Å². The summed E-state index contributed by atoms with van der Waals surface area (Å²) in [4.78, 5) is 0. The van der Waals surface area contributed by atoms with E-state index in [0.717, 1.165) is 18.4 Å². The molecule has 0 aromatic heterocycles. The summed E-state index contributed by atoms with van der Waals surface area (Å²) < 4.78 is 0. The summed E-state index contributed by atoms with van der Waals surface area (Å²) in [6.45, 7) is 0. The van der Waals surface area contributed by atoms with Gasteiger partial charge in [0.2, 0.25) is 0 Å². The molecule has 1 nitrogen and oxygen atoms in total. The number of hydrogen-bond acceptors (Lipinski definition) is 1. The zero-order valence-corrected chi connectivity index (χ0v) is 10.1. The predicted octanol–water partition coefficient (Wildman–Crippen LogP) is 4.11. The minimum Gasteiger partial charge on any atom is -0.321 e. The van der Waals surface area contributed by atoms with Gasteiger partial charge in [0.1, 0.15) is 0 Å². The van der Waals surface area contributed by atoms with E-state index in [1.807, 2.05) is 12.1 Å². The van der Waals surface area contributed by atoms with Crippen LogP contribution in [0.1, 0.15) is 37.7 Å². The van der Waals surface area contributed by atoms with E-state index in [1.165, 1.54) is 19.3 Å². The van der Waals surface area contributed by atoms with E-state index in [4.69, 9.17) is 28.9 Å². The Morgan fingerprint density at radius 2 is 1.73 bits per heavy atom. The Morgan fingerprint density at radius 3 is 2.40 bits per heavy atom. The fourth-order valence-corrected chi connectivity index (χ4v) is 2.83. The van der Waals surface area contributed by atoms with Crippen molar-refractivity contribution in [2.45, 2.75) is 37.6 Å². The lowest BCUT2D eigenvalue weighted by molar-refractivity contribution is 0.302. The molecule has 0 saturated heterocycles. The van der Waals surface area contributed by atoms with Gasteiger partial charge in [0.05, 0.1) is 10.0 Å². The second-order valence-corrected chi connectivity index (χ2v) is 5.10. The highest BCUT2D eigenvalue weighted by Crippen LogP contribution is 2.40. The van der Waals surface area contributed by atoms with Crippen LogP contribution in [0.2, 0.25) is 10.0 Å². The lowest BCUT2D eigenvalue weighted by Gasteiger charge is -2.34. The molecule has 0 amide bonds. The molecule has 1 aromatic rings. The summed E-state index contributed by atoms with van der Waals surface area (Å²) in [5.41, 5.74) is 7.15. The van der Waals surface area contributed by atoms with Gasteiger partial charge in [0.25, 0.3) is 0 Å². The fourth-order valence-electron chi connectivity index (χ4n) is 2.34. The zero-order chi connectivity index (χ0) is 10.9. The molecule has 0 atom stereocenters. The van der Waals surface area contributed by atoms with Crippen LogP contribution in [0, 0.1) is 0 Å². The van der Waals surface area contributed by atoms with Crippen molar-refractivity contribution in [1.82, 2.24) is 0 Å². The topological polar surface area (TPSA) is 26.0 Å². The van der Waals surface area contributed by atoms with E-state index in [-0.39, 0.29) is 5.54 Å². The van der Waals surface area contributed by atoms with Gasteiger partial charge in [-0.2, -0.15) is 0 Å². The Balaban J connectivity index is 2.39. The van der Waals surface area contributed by atoms with E-state index in [9.17, 15) is 0 Å². The van der Waals surface area contributed by atoms with Gasteiger partial charge in [-0.1, -0.05) is 54.6 Å². The molecular weight excluding hydrogens is 229 g/mol. The van der Waals surface area contributed by atoms with Crippen molar-refractivity contribution in [2.75, 3.05) is 0 Å². The normalized spacial score (nSPS) is 20.2. The Hall–Kier alpha value is -0.240. The maximum Gasteiger partial charge on any atom is 0.0642 e. The average molecular weight is 244 g/mol. The highest BCUT2D eigenvalue weighted by molar-refractivity contribution is 6.42. The van der Waals surface area contributed by atoms with Gasteiger partial charge in [-0.15, -0.1) is 0 Å². The van der Waals surface area contributed by atoms with Gasteiger partial charge < -0.3 is 5.73 Å². The lowest BCUT2D eigenvalue weighted by atomic mass is 9.77. The molecule has 1 saturated carbocycles. The van der Waals surface area contributed by atoms with Crippen molar-refractivity contribution >= 4 is 23.2 Å². The minimum atomic E-state index is -0.264. The van der Waals surface area contributed by atoms with Crippen LogP contribution >= 0.6 is 23.2 Å². The summed E-state index contributed by atoms with van der Waals surface area (Å²) in [5, 5.41) is 1.23. The summed E-state index contributed by atoms with van der Waals surface area (Å²) in [5.74, 6) is 0. The molecule has 2 N–H and O–H groups in total. The molecule has 15 heavy (non-hydrogen) atoms. The first kappa shape index (κ1) is 11.3. The predicted molar refractivity (Wildman–Crippen MR) is 65.4 cm³/mol. The van der Waals surface area contributed by atoms with Crippen LogP contribution in [-0.2, 0) is 5.54 Å². The van der Waals surface area contributed by atoms with Crippen molar-refractivity contribution in [3.63, 3.8) is 0 Å². The smallest absolute Gasteiger partial charge is 0.0642 e. The standard InChI is InChI=1S/C12H15Cl2N/c13-10-6-4-5-9(11(10)14)12(15)7-2-1-3-8-12/h4-6H,1-3,7-8,15H2. The first-order chi connectivity index (χ1) is 7.13. The highest BCUT2D eigenvalue weighted by Gasteiger charge is 2.31. The van der Waals surface area contributed by atoms with Crippen molar-refractivity contribution < 1.29 is 0 Å². The highest BCUT2D eigenvalue weighted by atomic mass is 35.5.